The lowest BCUT2D eigenvalue weighted by Crippen LogP contribution is -2.47. The molecule has 7 nitrogen and oxygen atoms in total. The van der Waals surface area contributed by atoms with Crippen LogP contribution in [0.25, 0.3) is 0 Å². The van der Waals surface area contributed by atoms with E-state index in [2.05, 4.69) is 10.6 Å². The smallest absolute Gasteiger partial charge is 0.253 e. The van der Waals surface area contributed by atoms with Crippen molar-refractivity contribution in [3.8, 4) is 0 Å². The number of amides is 2. The monoisotopic (exact) mass is 451 g/mol. The average molecular weight is 452 g/mol. The second-order valence-corrected chi connectivity index (χ2v) is 9.05. The van der Waals surface area contributed by atoms with Crippen LogP contribution in [-0.4, -0.2) is 39.1 Å². The summed E-state index contributed by atoms with van der Waals surface area (Å²) >= 11 is 6.03. The van der Waals surface area contributed by atoms with Gasteiger partial charge in [-0.15, -0.1) is 0 Å². The van der Waals surface area contributed by atoms with Gasteiger partial charge in [-0.25, -0.2) is 8.42 Å². The zero-order valence-electron chi connectivity index (χ0n) is 17.2. The zero-order chi connectivity index (χ0) is 22.3. The summed E-state index contributed by atoms with van der Waals surface area (Å²) in [5.41, 5.74) is 0.915. The average Bonchev–Trinajstić information content (AvgIpc) is 2.69. The molecule has 0 radical (unpaired) electrons. The molecule has 0 saturated carbocycles. The minimum Gasteiger partial charge on any atom is -0.352 e. The van der Waals surface area contributed by atoms with E-state index in [-0.39, 0.29) is 12.3 Å². The molecule has 2 N–H and O–H groups in total. The van der Waals surface area contributed by atoms with Crippen molar-refractivity contribution in [2.24, 2.45) is 0 Å². The van der Waals surface area contributed by atoms with Crippen molar-refractivity contribution in [1.82, 2.24) is 5.32 Å². The maximum absolute atomic E-state index is 13.1. The number of hydrogen-bond donors (Lipinski definition) is 2. The molecule has 0 heterocycles. The highest BCUT2D eigenvalue weighted by atomic mass is 35.5. The molecule has 2 aromatic rings. The molecular weight excluding hydrogens is 426 g/mol. The third kappa shape index (κ3) is 5.96. The highest BCUT2D eigenvalue weighted by Crippen LogP contribution is 2.26. The third-order valence-electron chi connectivity index (χ3n) is 4.36. The largest absolute Gasteiger partial charge is 0.352 e. The topological polar surface area (TPSA) is 95.6 Å². The number of benzene rings is 2. The van der Waals surface area contributed by atoms with E-state index in [4.69, 9.17) is 11.6 Å². The number of carbonyl (C=O) groups excluding carboxylic acids is 2. The van der Waals surface area contributed by atoms with Gasteiger partial charge in [0.2, 0.25) is 15.9 Å². The molecule has 30 heavy (non-hydrogen) atoms. The van der Waals surface area contributed by atoms with Gasteiger partial charge in [0, 0.05) is 11.6 Å². The van der Waals surface area contributed by atoms with Gasteiger partial charge in [-0.3, -0.25) is 13.9 Å². The van der Waals surface area contributed by atoms with Crippen LogP contribution in [0, 0.1) is 0 Å². The molecule has 2 aromatic carbocycles. The van der Waals surface area contributed by atoms with Gasteiger partial charge in [0.1, 0.15) is 6.04 Å². The Balaban J connectivity index is 2.37. The van der Waals surface area contributed by atoms with Crippen molar-refractivity contribution in [3.63, 3.8) is 0 Å². The highest BCUT2D eigenvalue weighted by molar-refractivity contribution is 7.92. The Bertz CT molecular complexity index is 1010. The summed E-state index contributed by atoms with van der Waals surface area (Å²) in [6, 6.07) is 11.9. The van der Waals surface area contributed by atoms with E-state index in [9.17, 15) is 18.0 Å². The summed E-state index contributed by atoms with van der Waals surface area (Å²) in [5.74, 6) is -0.853. The van der Waals surface area contributed by atoms with Crippen LogP contribution in [0.1, 0.15) is 37.0 Å². The first-order valence-electron chi connectivity index (χ1n) is 9.62. The number of carbonyl (C=O) groups is 2. The fraction of sp³-hybridized carbons (Fsp3) is 0.333. The van der Waals surface area contributed by atoms with Gasteiger partial charge in [-0.1, -0.05) is 43.6 Å². The fourth-order valence-corrected chi connectivity index (χ4v) is 4.40. The molecule has 0 bridgehead atoms. The lowest BCUT2D eigenvalue weighted by atomic mass is 10.1. The summed E-state index contributed by atoms with van der Waals surface area (Å²) in [6.07, 6.45) is 2.03. The number of halogens is 1. The minimum atomic E-state index is -3.79. The molecule has 0 aliphatic heterocycles. The Kier molecular flexibility index (Phi) is 8.25. The van der Waals surface area contributed by atoms with Gasteiger partial charge in [0.25, 0.3) is 5.91 Å². The Labute approximate surface area is 182 Å². The normalized spacial score (nSPS) is 12.1. The molecule has 0 aromatic heterocycles. The van der Waals surface area contributed by atoms with E-state index in [0.29, 0.717) is 28.5 Å². The Morgan fingerprint density at radius 1 is 1.10 bits per heavy atom. The number of hydrogen-bond acceptors (Lipinski definition) is 4. The van der Waals surface area contributed by atoms with Gasteiger partial charge in [-0.2, -0.15) is 0 Å². The third-order valence-corrected chi connectivity index (χ3v) is 5.77. The van der Waals surface area contributed by atoms with Gasteiger partial charge in [0.15, 0.2) is 0 Å². The maximum Gasteiger partial charge on any atom is 0.253 e. The van der Waals surface area contributed by atoms with Crippen molar-refractivity contribution in [1.29, 1.82) is 0 Å². The summed E-state index contributed by atoms with van der Waals surface area (Å²) in [7, 11) is -3.79. The Hall–Kier alpha value is -2.58. The lowest BCUT2D eigenvalue weighted by Gasteiger charge is -2.30. The molecule has 0 unspecified atom stereocenters. The first kappa shape index (κ1) is 23.7. The summed E-state index contributed by atoms with van der Waals surface area (Å²) in [6.45, 7) is 4.16. The molecule has 0 aliphatic carbocycles. The van der Waals surface area contributed by atoms with E-state index < -0.39 is 22.0 Å². The summed E-state index contributed by atoms with van der Waals surface area (Å²) < 4.78 is 26.1. The van der Waals surface area contributed by atoms with Crippen LogP contribution in [0.15, 0.2) is 48.5 Å². The van der Waals surface area contributed by atoms with Crippen LogP contribution in [0.2, 0.25) is 5.02 Å². The van der Waals surface area contributed by atoms with E-state index in [0.717, 1.165) is 17.0 Å². The number of anilines is 2. The lowest BCUT2D eigenvalue weighted by molar-refractivity contribution is -0.117. The molecule has 9 heteroatoms. The van der Waals surface area contributed by atoms with Crippen LogP contribution in [-0.2, 0) is 14.8 Å². The summed E-state index contributed by atoms with van der Waals surface area (Å²) in [5, 5.41) is 5.85. The number of nitrogens with zero attached hydrogens (tertiary/aromatic N) is 1. The molecule has 162 valence electrons. The molecule has 1 atom stereocenters. The molecule has 0 saturated heterocycles. The van der Waals surface area contributed by atoms with E-state index in [1.807, 2.05) is 6.92 Å². The SMILES string of the molecule is CCCNC(=O)c1ccccc1NC(=O)[C@@H](CC)N(c1cccc(Cl)c1)S(C)(=O)=O. The van der Waals surface area contributed by atoms with Crippen LogP contribution in [0.4, 0.5) is 11.4 Å². The molecule has 0 aliphatic rings. The van der Waals surface area contributed by atoms with Crippen molar-refractivity contribution in [2.45, 2.75) is 32.7 Å². The number of sulfonamides is 1. The number of rotatable bonds is 9. The second-order valence-electron chi connectivity index (χ2n) is 6.75. The van der Waals surface area contributed by atoms with E-state index in [1.54, 1.807) is 49.4 Å². The first-order chi connectivity index (χ1) is 14.2. The minimum absolute atomic E-state index is 0.218. The Morgan fingerprint density at radius 3 is 2.40 bits per heavy atom. The molecule has 2 amide bonds. The highest BCUT2D eigenvalue weighted by Gasteiger charge is 2.32. The van der Waals surface area contributed by atoms with Gasteiger partial charge in [-0.05, 0) is 43.2 Å². The van der Waals surface area contributed by atoms with Crippen LogP contribution < -0.4 is 14.9 Å². The second kappa shape index (κ2) is 10.4. The predicted molar refractivity (Wildman–Crippen MR) is 121 cm³/mol. The van der Waals surface area contributed by atoms with Crippen molar-refractivity contribution >= 4 is 44.8 Å². The van der Waals surface area contributed by atoms with Crippen molar-refractivity contribution < 1.29 is 18.0 Å². The van der Waals surface area contributed by atoms with Crippen LogP contribution >= 0.6 is 11.6 Å². The predicted octanol–water partition coefficient (Wildman–Crippen LogP) is 3.66. The molecule has 0 fully saturated rings. The molecule has 0 spiro atoms. The van der Waals surface area contributed by atoms with Crippen LogP contribution in [0.5, 0.6) is 0 Å². The summed E-state index contributed by atoms with van der Waals surface area (Å²) in [4.78, 5) is 25.5. The number of nitrogens with one attached hydrogen (secondary N) is 2. The fourth-order valence-electron chi connectivity index (χ4n) is 3.01. The standard InChI is InChI=1S/C21H26ClN3O4S/c1-4-13-23-20(26)17-11-6-7-12-18(17)24-21(27)19(5-2)25(30(3,28)29)16-10-8-9-15(22)14-16/h6-12,14,19H,4-5,13H2,1-3H3,(H,23,26)(H,24,27)/t19-/m1/s1. The molecule has 2 rings (SSSR count). The molecular formula is C21H26ClN3O4S. The van der Waals surface area contributed by atoms with Crippen LogP contribution in [0.3, 0.4) is 0 Å². The zero-order valence-corrected chi connectivity index (χ0v) is 18.8. The van der Waals surface area contributed by atoms with Crippen molar-refractivity contribution in [2.75, 3.05) is 22.4 Å². The van der Waals surface area contributed by atoms with E-state index >= 15 is 0 Å². The Morgan fingerprint density at radius 2 is 1.80 bits per heavy atom. The van der Waals surface area contributed by atoms with Gasteiger partial charge >= 0.3 is 0 Å². The van der Waals surface area contributed by atoms with Crippen molar-refractivity contribution in [3.05, 3.63) is 59.1 Å². The van der Waals surface area contributed by atoms with Gasteiger partial charge < -0.3 is 10.6 Å². The van der Waals surface area contributed by atoms with E-state index in [1.165, 1.54) is 6.07 Å². The van der Waals surface area contributed by atoms with Gasteiger partial charge in [0.05, 0.1) is 23.2 Å². The first-order valence-corrected chi connectivity index (χ1v) is 11.8. The number of para-hydroxylation sites is 1. The maximum atomic E-state index is 13.1. The quantitative estimate of drug-likeness (QED) is 0.608.